The summed E-state index contributed by atoms with van der Waals surface area (Å²) in [6.45, 7) is 8.00. The first-order valence-electron chi connectivity index (χ1n) is 11.6. The molecule has 1 aliphatic rings. The summed E-state index contributed by atoms with van der Waals surface area (Å²) in [5.74, 6) is -0.162. The summed E-state index contributed by atoms with van der Waals surface area (Å²) < 4.78 is 35.7. The maximum absolute atomic E-state index is 13.4. The molecule has 3 atom stereocenters. The number of nitrogens with zero attached hydrogens (tertiary/aromatic N) is 2. The van der Waals surface area contributed by atoms with E-state index < -0.39 is 23.0 Å². The number of anilines is 1. The number of likely N-dealkylation sites (N-methyl/N-ethyl adjacent to an activating group) is 1. The molecular weight excluding hydrogens is 523 g/mol. The quantitative estimate of drug-likeness (QED) is 0.392. The number of carbonyl (C=O) groups is 1. The zero-order valence-electron chi connectivity index (χ0n) is 21.2. The van der Waals surface area contributed by atoms with E-state index >= 15 is 0 Å². The van der Waals surface area contributed by atoms with Crippen molar-refractivity contribution in [2.24, 2.45) is 0 Å². The van der Waals surface area contributed by atoms with Crippen molar-refractivity contribution in [1.82, 2.24) is 14.0 Å². The van der Waals surface area contributed by atoms with Gasteiger partial charge < -0.3 is 10.1 Å². The molecule has 36 heavy (non-hydrogen) atoms. The fraction of sp³-hybridized carbons (Fsp3) is 0.360. The summed E-state index contributed by atoms with van der Waals surface area (Å²) in [6.07, 6.45) is 2.12. The van der Waals surface area contributed by atoms with Gasteiger partial charge in [0.25, 0.3) is 0 Å². The van der Waals surface area contributed by atoms with Crippen LogP contribution in [-0.2, 0) is 16.0 Å². The number of aromatic nitrogens is 1. The average molecular weight is 555 g/mol. The Bertz CT molecular complexity index is 1160. The molecule has 2 heterocycles. The van der Waals surface area contributed by atoms with E-state index in [1.54, 1.807) is 20.4 Å². The number of ether oxygens (including phenoxy) is 1. The topological polar surface area (TPSA) is 83.6 Å². The number of hydrogen-bond acceptors (Lipinski definition) is 5. The monoisotopic (exact) mass is 554 g/mol. The third kappa shape index (κ3) is 7.33. The van der Waals surface area contributed by atoms with Crippen molar-refractivity contribution in [1.29, 1.82) is 0 Å². The Kier molecular flexibility index (Phi) is 11.9. The van der Waals surface area contributed by atoms with Gasteiger partial charge >= 0.3 is 0 Å². The fourth-order valence-electron chi connectivity index (χ4n) is 3.30. The van der Waals surface area contributed by atoms with Crippen LogP contribution in [0.3, 0.4) is 0 Å². The van der Waals surface area contributed by atoms with Crippen LogP contribution in [0.1, 0.15) is 45.2 Å². The van der Waals surface area contributed by atoms with E-state index in [0.29, 0.717) is 12.1 Å². The Morgan fingerprint density at radius 1 is 1.22 bits per heavy atom. The number of methoxy groups -OCH3 is 1. The van der Waals surface area contributed by atoms with E-state index in [-0.39, 0.29) is 17.0 Å². The maximum Gasteiger partial charge on any atom is 0.242 e. The molecule has 0 aliphatic carbocycles. The van der Waals surface area contributed by atoms with Crippen LogP contribution in [0.4, 0.5) is 10.1 Å². The minimum atomic E-state index is -1.59. The van der Waals surface area contributed by atoms with E-state index in [1.165, 1.54) is 33.8 Å². The molecular formula is C25H32ClFN4O3S2. The van der Waals surface area contributed by atoms with Gasteiger partial charge in [-0.15, -0.1) is 11.3 Å². The van der Waals surface area contributed by atoms with Crippen molar-refractivity contribution in [3.8, 4) is 16.2 Å². The van der Waals surface area contributed by atoms with Crippen LogP contribution < -0.4 is 14.8 Å². The Hall–Kier alpha value is -2.37. The molecule has 0 saturated carbocycles. The highest BCUT2D eigenvalue weighted by atomic mass is 35.5. The molecule has 3 unspecified atom stereocenters. The highest BCUT2D eigenvalue weighted by molar-refractivity contribution is 7.80. The first-order chi connectivity index (χ1) is 17.4. The van der Waals surface area contributed by atoms with Crippen molar-refractivity contribution in [3.63, 3.8) is 0 Å². The van der Waals surface area contributed by atoms with Crippen LogP contribution in [0.5, 0.6) is 5.75 Å². The van der Waals surface area contributed by atoms with E-state index in [2.05, 4.69) is 15.0 Å². The predicted molar refractivity (Wildman–Crippen MR) is 147 cm³/mol. The number of benzene rings is 2. The van der Waals surface area contributed by atoms with Gasteiger partial charge in [-0.25, -0.2) is 22.6 Å². The fourth-order valence-corrected chi connectivity index (χ4v) is 5.57. The standard InChI is InChI=1S/C21H20ClFN4O3S2.2C2H6/c1-27-18(20(28)25-13-5-8-16(23)15(22)9-13)10-17(26-32(27)29)21-24-11-19(31-21)12-3-6-14(30-2)7-4-12;2*1-2/h3-9,11,17-18,26H,10H2,1-2H3,(H,25,28);2*1-2H3. The molecule has 0 bridgehead atoms. The van der Waals surface area contributed by atoms with Gasteiger partial charge in [0.2, 0.25) is 5.91 Å². The van der Waals surface area contributed by atoms with E-state index in [9.17, 15) is 13.4 Å². The summed E-state index contributed by atoms with van der Waals surface area (Å²) in [7, 11) is 3.22. The summed E-state index contributed by atoms with van der Waals surface area (Å²) in [5, 5.41) is 3.37. The third-order valence-corrected chi connectivity index (χ3v) is 7.80. The van der Waals surface area contributed by atoms with Crippen molar-refractivity contribution in [2.45, 2.75) is 46.2 Å². The second-order valence-electron chi connectivity index (χ2n) is 7.13. The van der Waals surface area contributed by atoms with Crippen molar-refractivity contribution < 1.29 is 18.1 Å². The summed E-state index contributed by atoms with van der Waals surface area (Å²) >= 11 is 5.69. The lowest BCUT2D eigenvalue weighted by molar-refractivity contribution is -0.120. The van der Waals surface area contributed by atoms with Gasteiger partial charge in [0, 0.05) is 18.9 Å². The van der Waals surface area contributed by atoms with Crippen LogP contribution in [0.15, 0.2) is 48.7 Å². The number of thiazole rings is 1. The molecule has 2 N–H and O–H groups in total. The molecule has 196 valence electrons. The van der Waals surface area contributed by atoms with Gasteiger partial charge in [0.1, 0.15) is 22.6 Å². The van der Waals surface area contributed by atoms with Crippen molar-refractivity contribution in [3.05, 3.63) is 64.5 Å². The van der Waals surface area contributed by atoms with Gasteiger partial charge in [0.15, 0.2) is 11.2 Å². The zero-order valence-corrected chi connectivity index (χ0v) is 23.6. The van der Waals surface area contributed by atoms with Crippen molar-refractivity contribution >= 4 is 45.7 Å². The second-order valence-corrected chi connectivity index (χ2v) is 9.91. The normalized spacial score (nSPS) is 19.3. The van der Waals surface area contributed by atoms with Crippen LogP contribution in [-0.4, -0.2) is 39.6 Å². The van der Waals surface area contributed by atoms with Gasteiger partial charge in [-0.1, -0.05) is 39.3 Å². The number of rotatable bonds is 5. The van der Waals surface area contributed by atoms with Crippen LogP contribution in [0.25, 0.3) is 10.4 Å². The Balaban J connectivity index is 0.00000109. The smallest absolute Gasteiger partial charge is 0.242 e. The van der Waals surface area contributed by atoms with Gasteiger partial charge in [0.05, 0.1) is 23.1 Å². The summed E-state index contributed by atoms with van der Waals surface area (Å²) in [6, 6.07) is 10.5. The molecule has 1 aliphatic heterocycles. The van der Waals surface area contributed by atoms with Gasteiger partial charge in [-0.3, -0.25) is 4.79 Å². The molecule has 2 aromatic carbocycles. The minimum absolute atomic E-state index is 0.0863. The number of carbonyl (C=O) groups excluding carboxylic acids is 1. The summed E-state index contributed by atoms with van der Waals surface area (Å²) in [5.41, 5.74) is 1.36. The van der Waals surface area contributed by atoms with E-state index in [1.807, 2.05) is 52.0 Å². The highest BCUT2D eigenvalue weighted by Crippen LogP contribution is 2.34. The molecule has 1 saturated heterocycles. The number of hydrogen-bond donors (Lipinski definition) is 2. The SMILES string of the molecule is CC.CC.COc1ccc(-c2cnc(C3CC(C(=O)Nc4ccc(F)c(Cl)c4)N(C)S(=O)N3)s2)cc1. The highest BCUT2D eigenvalue weighted by Gasteiger charge is 2.37. The number of amides is 1. The minimum Gasteiger partial charge on any atom is -0.497 e. The number of halogens is 2. The Morgan fingerprint density at radius 3 is 2.50 bits per heavy atom. The lowest BCUT2D eigenvalue weighted by Gasteiger charge is -2.34. The van der Waals surface area contributed by atoms with E-state index in [4.69, 9.17) is 16.3 Å². The molecule has 11 heteroatoms. The Morgan fingerprint density at radius 2 is 1.89 bits per heavy atom. The van der Waals surface area contributed by atoms with Gasteiger partial charge in [-0.2, -0.15) is 0 Å². The first-order valence-corrected chi connectivity index (χ1v) is 13.9. The van der Waals surface area contributed by atoms with Crippen LogP contribution in [0.2, 0.25) is 5.02 Å². The maximum atomic E-state index is 13.4. The van der Waals surface area contributed by atoms with E-state index in [0.717, 1.165) is 21.2 Å². The predicted octanol–water partition coefficient (Wildman–Crippen LogP) is 6.22. The molecule has 1 amide bonds. The van der Waals surface area contributed by atoms with Crippen molar-refractivity contribution in [2.75, 3.05) is 19.5 Å². The molecule has 4 rings (SSSR count). The molecule has 7 nitrogen and oxygen atoms in total. The van der Waals surface area contributed by atoms with Crippen LogP contribution >= 0.6 is 22.9 Å². The molecule has 0 radical (unpaired) electrons. The molecule has 1 aromatic heterocycles. The average Bonchev–Trinajstić information content (AvgIpc) is 3.40. The number of nitrogens with one attached hydrogen (secondary N) is 2. The second kappa shape index (κ2) is 14.4. The lowest BCUT2D eigenvalue weighted by Crippen LogP contribution is -2.53. The van der Waals surface area contributed by atoms with Gasteiger partial charge in [-0.05, 0) is 54.4 Å². The zero-order chi connectivity index (χ0) is 26.8. The lowest BCUT2D eigenvalue weighted by atomic mass is 10.1. The first kappa shape index (κ1) is 29.9. The summed E-state index contributed by atoms with van der Waals surface area (Å²) in [4.78, 5) is 18.4. The third-order valence-electron chi connectivity index (χ3n) is 5.09. The van der Waals surface area contributed by atoms with Crippen LogP contribution in [0, 0.1) is 5.82 Å². The largest absolute Gasteiger partial charge is 0.497 e. The molecule has 0 spiro atoms. The molecule has 1 fully saturated rings. The molecule has 3 aromatic rings. The Labute approximate surface area is 223 Å².